The summed E-state index contributed by atoms with van der Waals surface area (Å²) in [6.45, 7) is 3.93. The van der Waals surface area contributed by atoms with Crippen molar-refractivity contribution >= 4 is 23.9 Å². The van der Waals surface area contributed by atoms with Crippen LogP contribution in [0.25, 0.3) is 0 Å². The average molecular weight is 563 g/mol. The topological polar surface area (TPSA) is 210 Å². The van der Waals surface area contributed by atoms with E-state index >= 15 is 0 Å². The Balaban J connectivity index is 5.80. The summed E-state index contributed by atoms with van der Waals surface area (Å²) in [5.41, 5.74) is 0. The number of unbranched alkanes of at least 4 members (excludes halogenated alkanes) is 3. The zero-order valence-electron chi connectivity index (χ0n) is 23.4. The van der Waals surface area contributed by atoms with E-state index in [1.54, 1.807) is 0 Å². The molecule has 4 unspecified atom stereocenters. The molecule has 11 heteroatoms. The summed E-state index contributed by atoms with van der Waals surface area (Å²) in [6, 6.07) is 0. The van der Waals surface area contributed by atoms with Crippen LogP contribution >= 0.6 is 0 Å². The molecule has 0 rings (SSSR count). The summed E-state index contributed by atoms with van der Waals surface area (Å²) >= 11 is 0. The van der Waals surface area contributed by atoms with Crippen molar-refractivity contribution in [2.24, 2.45) is 23.7 Å². The molecule has 0 aromatic carbocycles. The summed E-state index contributed by atoms with van der Waals surface area (Å²) in [7, 11) is 0. The van der Waals surface area contributed by atoms with Crippen molar-refractivity contribution in [3.05, 3.63) is 0 Å². The van der Waals surface area contributed by atoms with Gasteiger partial charge >= 0.3 is 23.9 Å². The third-order valence-electron chi connectivity index (χ3n) is 7.27. The molecule has 0 aliphatic rings. The van der Waals surface area contributed by atoms with Crippen molar-refractivity contribution in [1.29, 1.82) is 0 Å². The van der Waals surface area contributed by atoms with Crippen molar-refractivity contribution in [2.45, 2.75) is 128 Å². The normalized spacial score (nSPS) is 16.9. The molecule has 0 aliphatic carbocycles. The summed E-state index contributed by atoms with van der Waals surface area (Å²) in [5, 5.41) is 69.3. The second kappa shape index (κ2) is 20.6. The van der Waals surface area contributed by atoms with E-state index in [9.17, 15) is 54.9 Å². The van der Waals surface area contributed by atoms with Crippen LogP contribution in [0.3, 0.4) is 0 Å². The lowest BCUT2D eigenvalue weighted by atomic mass is 9.76. The lowest BCUT2D eigenvalue weighted by Gasteiger charge is -2.31. The van der Waals surface area contributed by atoms with Crippen LogP contribution in [0.5, 0.6) is 0 Å². The number of hydrogen-bond acceptors (Lipinski definition) is 7. The van der Waals surface area contributed by atoms with Crippen molar-refractivity contribution in [2.75, 3.05) is 0 Å². The molecule has 228 valence electrons. The number of hydrogen-bond donors (Lipinski definition) is 7. The zero-order valence-corrected chi connectivity index (χ0v) is 23.4. The maximum atomic E-state index is 11.6. The Labute approximate surface area is 231 Å². The number of aliphatic hydroxyl groups excluding tert-OH is 3. The first-order chi connectivity index (χ1) is 18.3. The van der Waals surface area contributed by atoms with E-state index in [4.69, 9.17) is 0 Å². The van der Waals surface area contributed by atoms with Gasteiger partial charge in [0.2, 0.25) is 0 Å². The van der Waals surface area contributed by atoms with Crippen molar-refractivity contribution < 1.29 is 54.9 Å². The fraction of sp³-hybridized carbons (Fsp3) is 0.857. The zero-order chi connectivity index (χ0) is 30.0. The van der Waals surface area contributed by atoms with Crippen LogP contribution in [0.4, 0.5) is 0 Å². The molecule has 0 saturated heterocycles. The van der Waals surface area contributed by atoms with Crippen molar-refractivity contribution in [3.8, 4) is 0 Å². The van der Waals surface area contributed by atoms with Crippen LogP contribution in [-0.4, -0.2) is 77.9 Å². The first kappa shape index (κ1) is 36.8. The Morgan fingerprint density at radius 1 is 0.538 bits per heavy atom. The monoisotopic (exact) mass is 562 g/mol. The lowest BCUT2D eigenvalue weighted by Crippen LogP contribution is -2.36. The molecule has 11 nitrogen and oxygen atoms in total. The SMILES string of the molecule is CCCCC[C@H](O)CC(CC(=O)O)CC(CC(=O)O)CC(CC(=O)O)CC(CC(=O)O)[C@@H](O)[C@@H](O)CCCC. The molecule has 0 radical (unpaired) electrons. The number of aliphatic hydroxyl groups is 3. The van der Waals surface area contributed by atoms with Gasteiger partial charge in [0.15, 0.2) is 0 Å². The van der Waals surface area contributed by atoms with Crippen LogP contribution in [0.15, 0.2) is 0 Å². The first-order valence-corrected chi connectivity index (χ1v) is 14.2. The molecule has 39 heavy (non-hydrogen) atoms. The third-order valence-corrected chi connectivity index (χ3v) is 7.27. The van der Waals surface area contributed by atoms with Gasteiger partial charge in [0, 0.05) is 19.3 Å². The van der Waals surface area contributed by atoms with E-state index in [1.807, 2.05) is 13.8 Å². The molecule has 7 N–H and O–H groups in total. The number of carbonyl (C=O) groups is 4. The molecule has 0 fully saturated rings. The predicted molar refractivity (Wildman–Crippen MR) is 143 cm³/mol. The van der Waals surface area contributed by atoms with Crippen LogP contribution in [0.1, 0.15) is 110 Å². The molecule has 0 saturated carbocycles. The minimum Gasteiger partial charge on any atom is -0.481 e. The summed E-state index contributed by atoms with van der Waals surface area (Å²) < 4.78 is 0. The van der Waals surface area contributed by atoms with Crippen molar-refractivity contribution in [1.82, 2.24) is 0 Å². The molecule has 0 spiro atoms. The van der Waals surface area contributed by atoms with E-state index in [0.29, 0.717) is 12.8 Å². The molecule has 0 bridgehead atoms. The molecular weight excluding hydrogens is 512 g/mol. The van der Waals surface area contributed by atoms with E-state index < -0.39 is 78.7 Å². The molecule has 0 aliphatic heterocycles. The fourth-order valence-corrected chi connectivity index (χ4v) is 5.50. The van der Waals surface area contributed by atoms with Gasteiger partial charge in [-0.3, -0.25) is 19.2 Å². The average Bonchev–Trinajstić information content (AvgIpc) is 2.80. The Kier molecular flexibility index (Phi) is 19.4. The predicted octanol–water partition coefficient (Wildman–Crippen LogP) is 3.76. The van der Waals surface area contributed by atoms with Gasteiger partial charge < -0.3 is 35.7 Å². The standard InChI is InChI=1S/C28H50O11/c1-3-5-7-8-22(29)13-20(16-26(35)36)11-18(14-24(31)32)10-19(15-25(33)34)12-21(17-27(37)38)28(39)23(30)9-6-4-2/h18-23,28-30,39H,3-17H2,1-2H3,(H,31,32)(H,33,34)(H,35,36)(H,37,38)/t18?,19?,20?,21?,22-,23-,28+/m0/s1. The third kappa shape index (κ3) is 18.6. The highest BCUT2D eigenvalue weighted by Gasteiger charge is 2.33. The molecule has 0 aromatic heterocycles. The van der Waals surface area contributed by atoms with Gasteiger partial charge in [0.1, 0.15) is 0 Å². The molecular formula is C28H50O11. The smallest absolute Gasteiger partial charge is 0.303 e. The van der Waals surface area contributed by atoms with E-state index in [0.717, 1.165) is 25.7 Å². The van der Waals surface area contributed by atoms with Gasteiger partial charge in [0.25, 0.3) is 0 Å². The second-order valence-electron chi connectivity index (χ2n) is 11.0. The second-order valence-corrected chi connectivity index (χ2v) is 11.0. The fourth-order valence-electron chi connectivity index (χ4n) is 5.50. The van der Waals surface area contributed by atoms with Gasteiger partial charge in [-0.15, -0.1) is 0 Å². The van der Waals surface area contributed by atoms with Gasteiger partial charge in [-0.25, -0.2) is 0 Å². The highest BCUT2D eigenvalue weighted by atomic mass is 16.4. The summed E-state index contributed by atoms with van der Waals surface area (Å²) in [6.07, 6.45) is 0.352. The van der Waals surface area contributed by atoms with Crippen LogP contribution in [0.2, 0.25) is 0 Å². The maximum Gasteiger partial charge on any atom is 0.303 e. The van der Waals surface area contributed by atoms with E-state index in [-0.39, 0.29) is 44.9 Å². The Bertz CT molecular complexity index is 726. The minimum absolute atomic E-state index is 0.0533. The largest absolute Gasteiger partial charge is 0.481 e. The number of carboxylic acids is 4. The molecule has 0 aromatic rings. The van der Waals surface area contributed by atoms with Crippen LogP contribution < -0.4 is 0 Å². The van der Waals surface area contributed by atoms with E-state index in [1.165, 1.54) is 0 Å². The lowest BCUT2D eigenvalue weighted by molar-refractivity contribution is -0.141. The Hall–Kier alpha value is -2.24. The van der Waals surface area contributed by atoms with Crippen molar-refractivity contribution in [3.63, 3.8) is 0 Å². The number of aliphatic carboxylic acids is 4. The Morgan fingerprint density at radius 3 is 1.41 bits per heavy atom. The van der Waals surface area contributed by atoms with Gasteiger partial charge in [-0.2, -0.15) is 0 Å². The van der Waals surface area contributed by atoms with Crippen LogP contribution in [-0.2, 0) is 19.2 Å². The number of rotatable bonds is 25. The highest BCUT2D eigenvalue weighted by Crippen LogP contribution is 2.34. The Morgan fingerprint density at radius 2 is 0.974 bits per heavy atom. The summed E-state index contributed by atoms with van der Waals surface area (Å²) in [5.74, 6) is -7.39. The minimum atomic E-state index is -1.39. The van der Waals surface area contributed by atoms with Gasteiger partial charge in [-0.1, -0.05) is 46.0 Å². The molecule has 0 heterocycles. The van der Waals surface area contributed by atoms with Gasteiger partial charge in [-0.05, 0) is 62.2 Å². The summed E-state index contributed by atoms with van der Waals surface area (Å²) in [4.78, 5) is 46.3. The molecule has 0 amide bonds. The van der Waals surface area contributed by atoms with Gasteiger partial charge in [0.05, 0.1) is 24.7 Å². The molecule has 7 atom stereocenters. The van der Waals surface area contributed by atoms with E-state index in [2.05, 4.69) is 0 Å². The highest BCUT2D eigenvalue weighted by molar-refractivity contribution is 5.68. The number of carboxylic acid groups (broad SMARTS) is 4. The first-order valence-electron chi connectivity index (χ1n) is 14.2. The maximum absolute atomic E-state index is 11.6. The van der Waals surface area contributed by atoms with Crippen LogP contribution in [0, 0.1) is 23.7 Å². The quantitative estimate of drug-likeness (QED) is 0.0796.